The largest absolute Gasteiger partial charge is 0.395 e. The fourth-order valence-corrected chi connectivity index (χ4v) is 1.65. The molecule has 1 amide bonds. The first-order valence-corrected chi connectivity index (χ1v) is 5.16. The van der Waals surface area contributed by atoms with Gasteiger partial charge in [-0.05, 0) is 25.7 Å². The highest BCUT2D eigenvalue weighted by atomic mass is 16.3. The summed E-state index contributed by atoms with van der Waals surface area (Å²) in [7, 11) is 0. The molecule has 1 saturated carbocycles. The molecular formula is C10H19NO2. The monoisotopic (exact) mass is 185 g/mol. The van der Waals surface area contributed by atoms with E-state index in [4.69, 9.17) is 5.11 Å². The van der Waals surface area contributed by atoms with E-state index in [2.05, 4.69) is 0 Å². The van der Waals surface area contributed by atoms with Crippen LogP contribution in [0.1, 0.15) is 32.6 Å². The summed E-state index contributed by atoms with van der Waals surface area (Å²) in [6, 6.07) is 0. The molecule has 1 aliphatic rings. The van der Waals surface area contributed by atoms with Crippen LogP contribution in [0.4, 0.5) is 0 Å². The van der Waals surface area contributed by atoms with Crippen molar-refractivity contribution < 1.29 is 9.90 Å². The Bertz CT molecular complexity index is 166. The van der Waals surface area contributed by atoms with Gasteiger partial charge in [0.05, 0.1) is 6.61 Å². The molecule has 1 aliphatic carbocycles. The minimum absolute atomic E-state index is 0.0737. The van der Waals surface area contributed by atoms with Crippen LogP contribution in [-0.2, 0) is 4.79 Å². The molecule has 1 N–H and O–H groups in total. The molecule has 0 aromatic rings. The Labute approximate surface area is 79.7 Å². The van der Waals surface area contributed by atoms with Crippen LogP contribution in [0.5, 0.6) is 0 Å². The quantitative estimate of drug-likeness (QED) is 0.694. The van der Waals surface area contributed by atoms with Gasteiger partial charge < -0.3 is 10.0 Å². The standard InChI is InChI=1S/C10H19NO2/c1-2-11(6-7-12)10(13)8-9-4-3-5-9/h9,12H,2-8H2,1H3. The third-order valence-corrected chi connectivity index (χ3v) is 2.79. The number of hydrogen-bond acceptors (Lipinski definition) is 2. The van der Waals surface area contributed by atoms with Gasteiger partial charge in [0.25, 0.3) is 0 Å². The van der Waals surface area contributed by atoms with Gasteiger partial charge in [-0.25, -0.2) is 0 Å². The van der Waals surface area contributed by atoms with Crippen molar-refractivity contribution in [3.05, 3.63) is 0 Å². The maximum absolute atomic E-state index is 11.6. The number of carbonyl (C=O) groups is 1. The maximum Gasteiger partial charge on any atom is 0.222 e. The second-order valence-electron chi connectivity index (χ2n) is 3.70. The number of aliphatic hydroxyl groups excluding tert-OH is 1. The molecule has 3 nitrogen and oxygen atoms in total. The lowest BCUT2D eigenvalue weighted by atomic mass is 9.82. The second-order valence-corrected chi connectivity index (χ2v) is 3.70. The molecular weight excluding hydrogens is 166 g/mol. The van der Waals surface area contributed by atoms with E-state index < -0.39 is 0 Å². The van der Waals surface area contributed by atoms with Crippen LogP contribution in [0, 0.1) is 5.92 Å². The van der Waals surface area contributed by atoms with E-state index in [0.717, 1.165) is 0 Å². The summed E-state index contributed by atoms with van der Waals surface area (Å²) in [5, 5.41) is 8.73. The van der Waals surface area contributed by atoms with Crippen molar-refractivity contribution in [2.75, 3.05) is 19.7 Å². The van der Waals surface area contributed by atoms with Crippen molar-refractivity contribution in [1.29, 1.82) is 0 Å². The van der Waals surface area contributed by atoms with E-state index in [9.17, 15) is 4.79 Å². The van der Waals surface area contributed by atoms with Crippen LogP contribution in [0.3, 0.4) is 0 Å². The lowest BCUT2D eigenvalue weighted by Crippen LogP contribution is -2.35. The van der Waals surface area contributed by atoms with E-state index >= 15 is 0 Å². The van der Waals surface area contributed by atoms with Gasteiger partial charge in [-0.15, -0.1) is 0 Å². The summed E-state index contributed by atoms with van der Waals surface area (Å²) in [6.07, 6.45) is 4.39. The predicted molar refractivity (Wildman–Crippen MR) is 51.3 cm³/mol. The van der Waals surface area contributed by atoms with Gasteiger partial charge in [-0.3, -0.25) is 4.79 Å². The number of carbonyl (C=O) groups excluding carboxylic acids is 1. The summed E-state index contributed by atoms with van der Waals surface area (Å²) < 4.78 is 0. The molecule has 0 radical (unpaired) electrons. The van der Waals surface area contributed by atoms with E-state index in [1.165, 1.54) is 19.3 Å². The van der Waals surface area contributed by atoms with Crippen molar-refractivity contribution >= 4 is 5.91 Å². The van der Waals surface area contributed by atoms with Crippen LogP contribution in [0.25, 0.3) is 0 Å². The summed E-state index contributed by atoms with van der Waals surface area (Å²) >= 11 is 0. The zero-order chi connectivity index (χ0) is 9.68. The van der Waals surface area contributed by atoms with Gasteiger partial charge in [-0.1, -0.05) is 6.42 Å². The Balaban J connectivity index is 2.25. The maximum atomic E-state index is 11.6. The Hall–Kier alpha value is -0.570. The number of amides is 1. The Kier molecular flexibility index (Phi) is 4.22. The zero-order valence-electron chi connectivity index (χ0n) is 8.33. The fraction of sp³-hybridized carbons (Fsp3) is 0.900. The first-order chi connectivity index (χ1) is 6.27. The van der Waals surface area contributed by atoms with Crippen molar-refractivity contribution in [2.24, 2.45) is 5.92 Å². The highest BCUT2D eigenvalue weighted by molar-refractivity contribution is 5.76. The van der Waals surface area contributed by atoms with Crippen molar-refractivity contribution in [3.8, 4) is 0 Å². The third-order valence-electron chi connectivity index (χ3n) is 2.79. The second kappa shape index (κ2) is 5.22. The SMILES string of the molecule is CCN(CCO)C(=O)CC1CCC1. The minimum Gasteiger partial charge on any atom is -0.395 e. The van der Waals surface area contributed by atoms with Gasteiger partial charge in [0.2, 0.25) is 5.91 Å². The van der Waals surface area contributed by atoms with Gasteiger partial charge in [0, 0.05) is 19.5 Å². The van der Waals surface area contributed by atoms with Gasteiger partial charge in [0.1, 0.15) is 0 Å². The minimum atomic E-state index is 0.0737. The Morgan fingerprint density at radius 2 is 2.23 bits per heavy atom. The highest BCUT2D eigenvalue weighted by Crippen LogP contribution is 2.29. The lowest BCUT2D eigenvalue weighted by Gasteiger charge is -2.28. The highest BCUT2D eigenvalue weighted by Gasteiger charge is 2.22. The van der Waals surface area contributed by atoms with Gasteiger partial charge >= 0.3 is 0 Å². The summed E-state index contributed by atoms with van der Waals surface area (Å²) in [4.78, 5) is 13.3. The van der Waals surface area contributed by atoms with E-state index in [0.29, 0.717) is 25.4 Å². The van der Waals surface area contributed by atoms with Crippen LogP contribution in [0.15, 0.2) is 0 Å². The average Bonchev–Trinajstić information content (AvgIpc) is 2.07. The van der Waals surface area contributed by atoms with Crippen molar-refractivity contribution in [2.45, 2.75) is 32.6 Å². The number of hydrogen-bond donors (Lipinski definition) is 1. The number of nitrogens with zero attached hydrogens (tertiary/aromatic N) is 1. The molecule has 0 unspecified atom stereocenters. The fourth-order valence-electron chi connectivity index (χ4n) is 1.65. The molecule has 1 rings (SSSR count). The predicted octanol–water partition coefficient (Wildman–Crippen LogP) is 1.02. The molecule has 0 bridgehead atoms. The third kappa shape index (κ3) is 2.99. The van der Waals surface area contributed by atoms with Crippen LogP contribution < -0.4 is 0 Å². The van der Waals surface area contributed by atoms with Gasteiger partial charge in [-0.2, -0.15) is 0 Å². The van der Waals surface area contributed by atoms with Crippen molar-refractivity contribution in [3.63, 3.8) is 0 Å². The first kappa shape index (κ1) is 10.5. The smallest absolute Gasteiger partial charge is 0.222 e. The molecule has 0 heterocycles. The molecule has 13 heavy (non-hydrogen) atoms. The molecule has 1 fully saturated rings. The Morgan fingerprint density at radius 1 is 1.54 bits per heavy atom. The number of likely N-dealkylation sites (N-methyl/N-ethyl adjacent to an activating group) is 1. The summed E-state index contributed by atoms with van der Waals surface area (Å²) in [5.74, 6) is 0.835. The first-order valence-electron chi connectivity index (χ1n) is 5.16. The molecule has 0 saturated heterocycles. The molecule has 3 heteroatoms. The van der Waals surface area contributed by atoms with E-state index in [-0.39, 0.29) is 12.5 Å². The summed E-state index contributed by atoms with van der Waals surface area (Å²) in [5.41, 5.74) is 0. The molecule has 0 aromatic carbocycles. The van der Waals surface area contributed by atoms with Crippen LogP contribution in [-0.4, -0.2) is 35.6 Å². The Morgan fingerprint density at radius 3 is 2.62 bits per heavy atom. The lowest BCUT2D eigenvalue weighted by molar-refractivity contribution is -0.133. The number of rotatable bonds is 5. The van der Waals surface area contributed by atoms with Gasteiger partial charge in [0.15, 0.2) is 0 Å². The average molecular weight is 185 g/mol. The molecule has 0 aromatic heterocycles. The molecule has 0 atom stereocenters. The van der Waals surface area contributed by atoms with E-state index in [1.54, 1.807) is 4.90 Å². The van der Waals surface area contributed by atoms with Crippen LogP contribution >= 0.6 is 0 Å². The molecule has 0 spiro atoms. The summed E-state index contributed by atoms with van der Waals surface area (Å²) in [6.45, 7) is 3.23. The zero-order valence-corrected chi connectivity index (χ0v) is 8.33. The topological polar surface area (TPSA) is 40.5 Å². The molecule has 76 valence electrons. The van der Waals surface area contributed by atoms with Crippen LogP contribution in [0.2, 0.25) is 0 Å². The molecule has 0 aliphatic heterocycles. The normalized spacial score (nSPS) is 16.8. The van der Waals surface area contributed by atoms with Crippen molar-refractivity contribution in [1.82, 2.24) is 4.90 Å². The van der Waals surface area contributed by atoms with E-state index in [1.807, 2.05) is 6.92 Å². The number of aliphatic hydroxyl groups is 1.